The molecule has 0 bridgehead atoms. The van der Waals surface area contributed by atoms with Crippen molar-refractivity contribution in [1.29, 1.82) is 0 Å². The summed E-state index contributed by atoms with van der Waals surface area (Å²) in [6, 6.07) is 3.67. The predicted molar refractivity (Wildman–Crippen MR) is 72.5 cm³/mol. The Morgan fingerprint density at radius 2 is 2.05 bits per heavy atom. The van der Waals surface area contributed by atoms with E-state index in [9.17, 15) is 15.0 Å². The van der Waals surface area contributed by atoms with Crippen molar-refractivity contribution in [2.24, 2.45) is 0 Å². The van der Waals surface area contributed by atoms with Gasteiger partial charge in [-0.3, -0.25) is 15.6 Å². The zero-order chi connectivity index (χ0) is 14.8. The van der Waals surface area contributed by atoms with Gasteiger partial charge >= 0.3 is 0 Å². The van der Waals surface area contributed by atoms with E-state index in [1.807, 2.05) is 0 Å². The minimum atomic E-state index is -0.584. The maximum atomic E-state index is 11.9. The number of aromatic nitrogens is 4. The third-order valence-corrected chi connectivity index (χ3v) is 2.74. The molecule has 0 saturated heterocycles. The summed E-state index contributed by atoms with van der Waals surface area (Å²) >= 11 is 0. The molecular formula is C12H10N6O3. The van der Waals surface area contributed by atoms with Crippen LogP contribution in [0.1, 0.15) is 10.4 Å². The lowest BCUT2D eigenvalue weighted by molar-refractivity contribution is 0.0960. The van der Waals surface area contributed by atoms with Crippen LogP contribution in [0.15, 0.2) is 30.9 Å². The minimum Gasteiger partial charge on any atom is -0.508 e. The Labute approximate surface area is 117 Å². The SMILES string of the molecule is O=C(NNc1ncnc2nc[nH]c12)c1ccc(O)cc1O. The second-order valence-corrected chi connectivity index (χ2v) is 4.10. The van der Waals surface area contributed by atoms with Crippen LogP contribution in [0.4, 0.5) is 5.82 Å². The fourth-order valence-corrected chi connectivity index (χ4v) is 1.76. The van der Waals surface area contributed by atoms with E-state index in [1.54, 1.807) is 0 Å². The van der Waals surface area contributed by atoms with Crippen molar-refractivity contribution in [3.05, 3.63) is 36.4 Å². The fourth-order valence-electron chi connectivity index (χ4n) is 1.76. The van der Waals surface area contributed by atoms with Gasteiger partial charge < -0.3 is 15.2 Å². The number of nitrogens with zero attached hydrogens (tertiary/aromatic N) is 3. The van der Waals surface area contributed by atoms with Crippen LogP contribution in [-0.2, 0) is 0 Å². The molecule has 9 heteroatoms. The van der Waals surface area contributed by atoms with E-state index in [2.05, 4.69) is 30.8 Å². The number of anilines is 1. The molecule has 21 heavy (non-hydrogen) atoms. The average Bonchev–Trinajstić information content (AvgIpc) is 2.93. The normalized spacial score (nSPS) is 10.5. The molecule has 0 aliphatic rings. The molecule has 3 rings (SSSR count). The molecule has 2 heterocycles. The van der Waals surface area contributed by atoms with E-state index in [0.29, 0.717) is 17.0 Å². The Morgan fingerprint density at radius 3 is 2.86 bits per heavy atom. The number of imidazole rings is 1. The van der Waals surface area contributed by atoms with Crippen molar-refractivity contribution in [2.75, 3.05) is 5.43 Å². The van der Waals surface area contributed by atoms with Gasteiger partial charge in [0, 0.05) is 6.07 Å². The van der Waals surface area contributed by atoms with Crippen LogP contribution in [-0.4, -0.2) is 36.1 Å². The van der Waals surface area contributed by atoms with Crippen molar-refractivity contribution < 1.29 is 15.0 Å². The van der Waals surface area contributed by atoms with E-state index in [4.69, 9.17) is 0 Å². The first-order valence-corrected chi connectivity index (χ1v) is 5.87. The van der Waals surface area contributed by atoms with Crippen LogP contribution in [0.2, 0.25) is 0 Å². The lowest BCUT2D eigenvalue weighted by atomic mass is 10.2. The predicted octanol–water partition coefficient (Wildman–Crippen LogP) is 0.521. The van der Waals surface area contributed by atoms with Crippen LogP contribution in [0, 0.1) is 0 Å². The number of hydrogen-bond donors (Lipinski definition) is 5. The highest BCUT2D eigenvalue weighted by atomic mass is 16.3. The van der Waals surface area contributed by atoms with Gasteiger partial charge in [-0.15, -0.1) is 0 Å². The second kappa shape index (κ2) is 4.96. The summed E-state index contributed by atoms with van der Waals surface area (Å²) in [5.41, 5.74) is 6.00. The molecule has 2 aromatic heterocycles. The minimum absolute atomic E-state index is 0.00945. The topological polar surface area (TPSA) is 136 Å². The van der Waals surface area contributed by atoms with Gasteiger partial charge in [-0.1, -0.05) is 0 Å². The molecule has 0 saturated carbocycles. The Kier molecular flexibility index (Phi) is 2.99. The fraction of sp³-hybridized carbons (Fsp3) is 0. The van der Waals surface area contributed by atoms with Crippen molar-refractivity contribution in [1.82, 2.24) is 25.4 Å². The van der Waals surface area contributed by atoms with E-state index >= 15 is 0 Å². The lowest BCUT2D eigenvalue weighted by Gasteiger charge is -2.09. The third kappa shape index (κ3) is 2.39. The largest absolute Gasteiger partial charge is 0.508 e. The Morgan fingerprint density at radius 1 is 1.19 bits per heavy atom. The highest BCUT2D eigenvalue weighted by Crippen LogP contribution is 2.22. The maximum Gasteiger partial charge on any atom is 0.273 e. The molecule has 3 aromatic rings. The monoisotopic (exact) mass is 286 g/mol. The van der Waals surface area contributed by atoms with Gasteiger partial charge in [0.2, 0.25) is 0 Å². The number of phenolic OH excluding ortho intramolecular Hbond substituents is 2. The molecule has 0 aliphatic heterocycles. The first-order chi connectivity index (χ1) is 10.1. The van der Waals surface area contributed by atoms with Gasteiger partial charge in [0.1, 0.15) is 23.3 Å². The average molecular weight is 286 g/mol. The molecule has 0 aliphatic carbocycles. The smallest absolute Gasteiger partial charge is 0.273 e. The number of carbonyl (C=O) groups is 1. The highest BCUT2D eigenvalue weighted by Gasteiger charge is 2.12. The number of hydrazine groups is 1. The molecule has 0 unspecified atom stereocenters. The molecular weight excluding hydrogens is 276 g/mol. The van der Waals surface area contributed by atoms with Gasteiger partial charge in [-0.25, -0.2) is 15.0 Å². The molecule has 106 valence electrons. The zero-order valence-corrected chi connectivity index (χ0v) is 10.5. The van der Waals surface area contributed by atoms with Gasteiger partial charge in [0.25, 0.3) is 5.91 Å². The number of rotatable bonds is 3. The number of H-pyrrole nitrogens is 1. The second-order valence-electron chi connectivity index (χ2n) is 4.10. The highest BCUT2D eigenvalue weighted by molar-refractivity contribution is 5.98. The molecule has 5 N–H and O–H groups in total. The summed E-state index contributed by atoms with van der Waals surface area (Å²) in [5.74, 6) is -0.710. The summed E-state index contributed by atoms with van der Waals surface area (Å²) in [7, 11) is 0. The number of aromatic amines is 1. The van der Waals surface area contributed by atoms with E-state index in [-0.39, 0.29) is 17.1 Å². The van der Waals surface area contributed by atoms with Crippen molar-refractivity contribution >= 4 is 22.9 Å². The Hall–Kier alpha value is -3.36. The summed E-state index contributed by atoms with van der Waals surface area (Å²) in [6.07, 6.45) is 2.76. The number of hydrogen-bond acceptors (Lipinski definition) is 7. The Balaban J connectivity index is 1.78. The molecule has 0 spiro atoms. The van der Waals surface area contributed by atoms with Crippen molar-refractivity contribution in [2.45, 2.75) is 0 Å². The van der Waals surface area contributed by atoms with E-state index in [1.165, 1.54) is 24.8 Å². The number of carbonyl (C=O) groups excluding carboxylic acids is 1. The first-order valence-electron chi connectivity index (χ1n) is 5.87. The molecule has 1 aromatic carbocycles. The molecule has 9 nitrogen and oxygen atoms in total. The number of phenols is 2. The van der Waals surface area contributed by atoms with Gasteiger partial charge in [-0.2, -0.15) is 0 Å². The number of aromatic hydroxyl groups is 2. The quantitative estimate of drug-likeness (QED) is 0.443. The number of fused-ring (bicyclic) bond motifs is 1. The van der Waals surface area contributed by atoms with Gasteiger partial charge in [-0.05, 0) is 12.1 Å². The first kappa shape index (κ1) is 12.7. The molecule has 0 fully saturated rings. The number of amides is 1. The summed E-state index contributed by atoms with van der Waals surface area (Å²) < 4.78 is 0. The van der Waals surface area contributed by atoms with Gasteiger partial charge in [0.15, 0.2) is 11.5 Å². The maximum absolute atomic E-state index is 11.9. The molecule has 1 amide bonds. The summed E-state index contributed by atoms with van der Waals surface area (Å²) in [6.45, 7) is 0. The van der Waals surface area contributed by atoms with Crippen molar-refractivity contribution in [3.8, 4) is 11.5 Å². The molecule has 0 radical (unpaired) electrons. The van der Waals surface area contributed by atoms with Crippen LogP contribution < -0.4 is 10.9 Å². The Bertz CT molecular complexity index is 816. The van der Waals surface area contributed by atoms with Crippen LogP contribution in [0.25, 0.3) is 11.2 Å². The van der Waals surface area contributed by atoms with Crippen LogP contribution in [0.5, 0.6) is 11.5 Å². The summed E-state index contributed by atoms with van der Waals surface area (Å²) in [4.78, 5) is 26.6. The lowest BCUT2D eigenvalue weighted by Crippen LogP contribution is -2.30. The standard InChI is InChI=1S/C12H10N6O3/c19-6-1-2-7(8(20)3-6)12(21)18-17-11-9-10(14-4-13-9)15-5-16-11/h1-5,19-20H,(H,18,21)(H2,13,14,15,16,17). The van der Waals surface area contributed by atoms with E-state index < -0.39 is 5.91 Å². The van der Waals surface area contributed by atoms with Crippen LogP contribution >= 0.6 is 0 Å². The van der Waals surface area contributed by atoms with Crippen molar-refractivity contribution in [3.63, 3.8) is 0 Å². The van der Waals surface area contributed by atoms with Crippen LogP contribution in [0.3, 0.4) is 0 Å². The van der Waals surface area contributed by atoms with E-state index in [0.717, 1.165) is 6.07 Å². The third-order valence-electron chi connectivity index (χ3n) is 2.74. The number of benzene rings is 1. The zero-order valence-electron chi connectivity index (χ0n) is 10.5. The molecule has 0 atom stereocenters. The summed E-state index contributed by atoms with van der Waals surface area (Å²) in [5, 5.41) is 18.8. The van der Waals surface area contributed by atoms with Gasteiger partial charge in [0.05, 0.1) is 11.9 Å². The number of nitrogens with one attached hydrogen (secondary N) is 3.